The number of carbonyl (C=O) groups excluding carboxylic acids is 1. The van der Waals surface area contributed by atoms with Crippen molar-refractivity contribution in [2.75, 3.05) is 12.1 Å². The van der Waals surface area contributed by atoms with Crippen LogP contribution < -0.4 is 19.5 Å². The molecular formula is C23H26N4O4S. The lowest BCUT2D eigenvalue weighted by Gasteiger charge is -2.13. The van der Waals surface area contributed by atoms with E-state index in [0.717, 1.165) is 17.1 Å². The highest BCUT2D eigenvalue weighted by Crippen LogP contribution is 2.34. The Balaban J connectivity index is 1.39. The lowest BCUT2D eigenvalue weighted by Crippen LogP contribution is -2.23. The van der Waals surface area contributed by atoms with Gasteiger partial charge in [0.05, 0.1) is 5.25 Å². The van der Waals surface area contributed by atoms with Crippen LogP contribution in [0.25, 0.3) is 0 Å². The standard InChI is InChI=1S/C23H26N4O4S/c1-5-27-21(12-29-18-8-6-14(2)10-15(18)3)25-26-23(27)32-16(4)22(28)24-17-7-9-19-20(11-17)31-13-30-19/h6-11,16H,5,12-13H2,1-4H3,(H,24,28). The van der Waals surface area contributed by atoms with Gasteiger partial charge in [-0.15, -0.1) is 10.2 Å². The van der Waals surface area contributed by atoms with Crippen LogP contribution in [-0.4, -0.2) is 32.7 Å². The molecule has 1 N–H and O–H groups in total. The summed E-state index contributed by atoms with van der Waals surface area (Å²) in [5, 5.41) is 11.8. The van der Waals surface area contributed by atoms with Crippen molar-refractivity contribution < 1.29 is 19.0 Å². The number of thioether (sulfide) groups is 1. The first-order valence-corrected chi connectivity index (χ1v) is 11.3. The van der Waals surface area contributed by atoms with Crippen LogP contribution >= 0.6 is 11.8 Å². The molecule has 2 aromatic carbocycles. The normalized spacial score (nSPS) is 13.1. The van der Waals surface area contributed by atoms with Gasteiger partial charge in [0.15, 0.2) is 22.5 Å². The Morgan fingerprint density at radius 1 is 1.19 bits per heavy atom. The van der Waals surface area contributed by atoms with Crippen molar-refractivity contribution >= 4 is 23.4 Å². The Bertz CT molecular complexity index is 1130. The SMILES string of the molecule is CCn1c(COc2ccc(C)cc2C)nnc1SC(C)C(=O)Nc1ccc2c(c1)OCO2. The largest absolute Gasteiger partial charge is 0.485 e. The molecular weight excluding hydrogens is 428 g/mol. The summed E-state index contributed by atoms with van der Waals surface area (Å²) in [4.78, 5) is 12.7. The van der Waals surface area contributed by atoms with E-state index in [0.29, 0.717) is 35.5 Å². The van der Waals surface area contributed by atoms with Gasteiger partial charge >= 0.3 is 0 Å². The van der Waals surface area contributed by atoms with Crippen LogP contribution in [0.5, 0.6) is 17.2 Å². The summed E-state index contributed by atoms with van der Waals surface area (Å²) in [6, 6.07) is 11.4. The number of nitrogens with one attached hydrogen (secondary N) is 1. The van der Waals surface area contributed by atoms with Gasteiger partial charge in [0.2, 0.25) is 12.7 Å². The van der Waals surface area contributed by atoms with Gasteiger partial charge in [0.25, 0.3) is 0 Å². The Morgan fingerprint density at radius 3 is 2.78 bits per heavy atom. The fraction of sp³-hybridized carbons (Fsp3) is 0.348. The monoisotopic (exact) mass is 454 g/mol. The number of hydrogen-bond donors (Lipinski definition) is 1. The van der Waals surface area contributed by atoms with Crippen molar-refractivity contribution in [3.8, 4) is 17.2 Å². The number of amides is 1. The molecule has 1 unspecified atom stereocenters. The summed E-state index contributed by atoms with van der Waals surface area (Å²) in [7, 11) is 0. The van der Waals surface area contributed by atoms with Crippen LogP contribution in [0.3, 0.4) is 0 Å². The van der Waals surface area contributed by atoms with Crippen molar-refractivity contribution in [3.63, 3.8) is 0 Å². The van der Waals surface area contributed by atoms with Gasteiger partial charge in [-0.05, 0) is 51.5 Å². The fourth-order valence-corrected chi connectivity index (χ4v) is 4.30. The molecule has 0 fully saturated rings. The van der Waals surface area contributed by atoms with Crippen LogP contribution in [0.2, 0.25) is 0 Å². The van der Waals surface area contributed by atoms with E-state index in [-0.39, 0.29) is 18.0 Å². The van der Waals surface area contributed by atoms with Crippen molar-refractivity contribution in [2.24, 2.45) is 0 Å². The molecule has 0 saturated heterocycles. The number of benzene rings is 2. The summed E-state index contributed by atoms with van der Waals surface area (Å²) < 4.78 is 18.6. The first kappa shape index (κ1) is 22.0. The third kappa shape index (κ3) is 4.83. The van der Waals surface area contributed by atoms with E-state index in [1.807, 2.05) is 37.5 Å². The average Bonchev–Trinajstić information content (AvgIpc) is 3.39. The smallest absolute Gasteiger partial charge is 0.237 e. The maximum Gasteiger partial charge on any atom is 0.237 e. The van der Waals surface area contributed by atoms with E-state index in [9.17, 15) is 4.79 Å². The van der Waals surface area contributed by atoms with Crippen molar-refractivity contribution in [1.82, 2.24) is 14.8 Å². The second-order valence-electron chi connectivity index (χ2n) is 7.52. The van der Waals surface area contributed by atoms with Gasteiger partial charge < -0.3 is 24.1 Å². The Labute approximate surface area is 191 Å². The van der Waals surface area contributed by atoms with E-state index in [1.165, 1.54) is 17.3 Å². The molecule has 2 heterocycles. The van der Waals surface area contributed by atoms with Gasteiger partial charge in [-0.2, -0.15) is 0 Å². The van der Waals surface area contributed by atoms with Crippen LogP contribution in [-0.2, 0) is 17.9 Å². The fourth-order valence-electron chi connectivity index (χ4n) is 3.36. The minimum absolute atomic E-state index is 0.132. The lowest BCUT2D eigenvalue weighted by molar-refractivity contribution is -0.115. The predicted molar refractivity (Wildman–Crippen MR) is 122 cm³/mol. The summed E-state index contributed by atoms with van der Waals surface area (Å²) in [6.07, 6.45) is 0. The quantitative estimate of drug-likeness (QED) is 0.507. The Morgan fingerprint density at radius 2 is 2.00 bits per heavy atom. The zero-order valence-electron chi connectivity index (χ0n) is 18.5. The molecule has 8 nitrogen and oxygen atoms in total. The van der Waals surface area contributed by atoms with Gasteiger partial charge in [-0.1, -0.05) is 29.5 Å². The molecule has 0 radical (unpaired) electrons. The minimum atomic E-state index is -0.372. The summed E-state index contributed by atoms with van der Waals surface area (Å²) >= 11 is 1.36. The number of anilines is 1. The molecule has 1 atom stereocenters. The number of nitrogens with zero attached hydrogens (tertiary/aromatic N) is 3. The van der Waals surface area contributed by atoms with Gasteiger partial charge in [0, 0.05) is 18.3 Å². The lowest BCUT2D eigenvalue weighted by atomic mass is 10.1. The van der Waals surface area contributed by atoms with E-state index in [4.69, 9.17) is 14.2 Å². The first-order valence-electron chi connectivity index (χ1n) is 10.4. The van der Waals surface area contributed by atoms with E-state index < -0.39 is 0 Å². The molecule has 1 aliphatic heterocycles. The van der Waals surface area contributed by atoms with Crippen LogP contribution in [0, 0.1) is 13.8 Å². The maximum atomic E-state index is 12.7. The topological polar surface area (TPSA) is 87.5 Å². The molecule has 1 amide bonds. The second-order valence-corrected chi connectivity index (χ2v) is 8.83. The number of rotatable bonds is 8. The molecule has 9 heteroatoms. The molecule has 168 valence electrons. The van der Waals surface area contributed by atoms with Crippen LogP contribution in [0.4, 0.5) is 5.69 Å². The van der Waals surface area contributed by atoms with Gasteiger partial charge in [-0.25, -0.2) is 0 Å². The highest BCUT2D eigenvalue weighted by atomic mass is 32.2. The third-order valence-electron chi connectivity index (χ3n) is 5.09. The second kappa shape index (κ2) is 9.52. The molecule has 3 aromatic rings. The molecule has 32 heavy (non-hydrogen) atoms. The Kier molecular flexibility index (Phi) is 6.55. The molecule has 1 aliphatic rings. The highest BCUT2D eigenvalue weighted by Gasteiger charge is 2.21. The zero-order chi connectivity index (χ0) is 22.7. The van der Waals surface area contributed by atoms with Gasteiger partial charge in [-0.3, -0.25) is 4.79 Å². The van der Waals surface area contributed by atoms with E-state index in [2.05, 4.69) is 28.5 Å². The molecule has 0 bridgehead atoms. The van der Waals surface area contributed by atoms with Crippen LogP contribution in [0.1, 0.15) is 30.8 Å². The van der Waals surface area contributed by atoms with E-state index >= 15 is 0 Å². The number of fused-ring (bicyclic) bond motifs is 1. The first-order chi connectivity index (χ1) is 15.4. The zero-order valence-corrected chi connectivity index (χ0v) is 19.4. The van der Waals surface area contributed by atoms with Crippen LogP contribution in [0.15, 0.2) is 41.6 Å². The van der Waals surface area contributed by atoms with Crippen molar-refractivity contribution in [3.05, 3.63) is 53.3 Å². The molecule has 0 spiro atoms. The molecule has 0 aliphatic carbocycles. The van der Waals surface area contributed by atoms with Gasteiger partial charge in [0.1, 0.15) is 12.4 Å². The number of aromatic nitrogens is 3. The van der Waals surface area contributed by atoms with Crippen molar-refractivity contribution in [1.29, 1.82) is 0 Å². The number of ether oxygens (including phenoxy) is 3. The number of hydrogen-bond acceptors (Lipinski definition) is 7. The number of carbonyl (C=O) groups is 1. The highest BCUT2D eigenvalue weighted by molar-refractivity contribution is 8.00. The Hall–Kier alpha value is -3.20. The predicted octanol–water partition coefficient (Wildman–Crippen LogP) is 4.34. The average molecular weight is 455 g/mol. The third-order valence-corrected chi connectivity index (χ3v) is 6.17. The number of aryl methyl sites for hydroxylation is 2. The summed E-state index contributed by atoms with van der Waals surface area (Å²) in [6.45, 7) is 9.12. The maximum absolute atomic E-state index is 12.7. The van der Waals surface area contributed by atoms with E-state index in [1.54, 1.807) is 18.2 Å². The molecule has 0 saturated carbocycles. The summed E-state index contributed by atoms with van der Waals surface area (Å²) in [5.41, 5.74) is 2.93. The minimum Gasteiger partial charge on any atom is -0.485 e. The summed E-state index contributed by atoms with van der Waals surface area (Å²) in [5.74, 6) is 2.72. The van der Waals surface area contributed by atoms with Crippen molar-refractivity contribution in [2.45, 2.75) is 51.3 Å². The molecule has 1 aromatic heterocycles. The molecule has 4 rings (SSSR count).